The Morgan fingerprint density at radius 1 is 1.28 bits per heavy atom. The number of halogens is 2. The molecule has 0 bridgehead atoms. The van der Waals surface area contributed by atoms with Crippen LogP contribution in [0.1, 0.15) is 6.92 Å². The number of benzene rings is 2. The first-order valence-corrected chi connectivity index (χ1v) is 9.59. The summed E-state index contributed by atoms with van der Waals surface area (Å²) in [4.78, 5) is 22.9. The van der Waals surface area contributed by atoms with Gasteiger partial charge in [0, 0.05) is 24.7 Å². The zero-order valence-electron chi connectivity index (χ0n) is 15.3. The largest absolute Gasteiger partial charge is 0.324 e. The van der Waals surface area contributed by atoms with Crippen molar-refractivity contribution < 1.29 is 14.1 Å². The van der Waals surface area contributed by atoms with Gasteiger partial charge in [-0.25, -0.2) is 4.39 Å². The molecule has 1 N–H and O–H groups in total. The number of aromatic nitrogens is 3. The summed E-state index contributed by atoms with van der Waals surface area (Å²) in [6.45, 7) is 1.66. The molecule has 0 saturated carbocycles. The number of rotatable bonds is 6. The Bertz CT molecular complexity index is 1070. The van der Waals surface area contributed by atoms with Crippen LogP contribution in [0.15, 0.2) is 47.6 Å². The van der Waals surface area contributed by atoms with Crippen LogP contribution in [0.3, 0.4) is 0 Å². The van der Waals surface area contributed by atoms with E-state index in [1.165, 1.54) is 30.3 Å². The standard InChI is InChI=1S/C18H15ClFN5O3S/c1-10(17(26)21-15-9-13(25(27)28)7-8-14(15)19)29-18-23-22-16(24(18)2)11-3-5-12(20)6-4-11/h3-10H,1-2H3,(H,21,26)/t10-/m0/s1. The maximum atomic E-state index is 13.1. The van der Waals surface area contributed by atoms with Gasteiger partial charge in [0.05, 0.1) is 20.9 Å². The van der Waals surface area contributed by atoms with E-state index in [0.29, 0.717) is 16.5 Å². The van der Waals surface area contributed by atoms with Crippen molar-refractivity contribution >= 4 is 40.6 Å². The van der Waals surface area contributed by atoms with Crippen LogP contribution < -0.4 is 5.32 Å². The maximum Gasteiger partial charge on any atom is 0.271 e. The van der Waals surface area contributed by atoms with Crippen molar-refractivity contribution in [1.82, 2.24) is 14.8 Å². The van der Waals surface area contributed by atoms with Gasteiger partial charge in [-0.15, -0.1) is 10.2 Å². The van der Waals surface area contributed by atoms with Gasteiger partial charge in [-0.05, 0) is 37.3 Å². The van der Waals surface area contributed by atoms with Crippen molar-refractivity contribution in [1.29, 1.82) is 0 Å². The summed E-state index contributed by atoms with van der Waals surface area (Å²) in [5.41, 5.74) is 0.666. The molecule has 0 fully saturated rings. The van der Waals surface area contributed by atoms with Crippen LogP contribution in [0.5, 0.6) is 0 Å². The van der Waals surface area contributed by atoms with Gasteiger partial charge in [0.25, 0.3) is 5.69 Å². The summed E-state index contributed by atoms with van der Waals surface area (Å²) in [5.74, 6) is -0.221. The fourth-order valence-corrected chi connectivity index (χ4v) is 3.42. The monoisotopic (exact) mass is 435 g/mol. The van der Waals surface area contributed by atoms with Crippen molar-refractivity contribution in [2.45, 2.75) is 17.3 Å². The van der Waals surface area contributed by atoms with E-state index in [9.17, 15) is 19.3 Å². The van der Waals surface area contributed by atoms with Crippen LogP contribution in [0.4, 0.5) is 15.8 Å². The minimum Gasteiger partial charge on any atom is -0.324 e. The van der Waals surface area contributed by atoms with Crippen LogP contribution >= 0.6 is 23.4 Å². The normalized spacial score (nSPS) is 11.9. The number of anilines is 1. The van der Waals surface area contributed by atoms with Crippen molar-refractivity contribution in [3.63, 3.8) is 0 Å². The highest BCUT2D eigenvalue weighted by Gasteiger charge is 2.21. The van der Waals surface area contributed by atoms with E-state index in [2.05, 4.69) is 15.5 Å². The first-order valence-electron chi connectivity index (χ1n) is 8.33. The SMILES string of the molecule is C[C@H](Sc1nnc(-c2ccc(F)cc2)n1C)C(=O)Nc1cc([N+](=O)[O-])ccc1Cl. The van der Waals surface area contributed by atoms with Gasteiger partial charge >= 0.3 is 0 Å². The first kappa shape index (κ1) is 20.7. The summed E-state index contributed by atoms with van der Waals surface area (Å²) in [6, 6.07) is 9.65. The number of hydrogen-bond donors (Lipinski definition) is 1. The topological polar surface area (TPSA) is 103 Å². The third-order valence-corrected chi connectivity index (χ3v) is 5.47. The predicted molar refractivity (Wildman–Crippen MR) is 108 cm³/mol. The van der Waals surface area contributed by atoms with E-state index in [1.54, 1.807) is 30.7 Å². The highest BCUT2D eigenvalue weighted by atomic mass is 35.5. The molecule has 0 aliphatic heterocycles. The van der Waals surface area contributed by atoms with Crippen molar-refractivity contribution in [2.75, 3.05) is 5.32 Å². The fraction of sp³-hybridized carbons (Fsp3) is 0.167. The maximum absolute atomic E-state index is 13.1. The zero-order chi connectivity index (χ0) is 21.1. The zero-order valence-corrected chi connectivity index (χ0v) is 16.9. The van der Waals surface area contributed by atoms with Crippen molar-refractivity contribution in [3.8, 4) is 11.4 Å². The molecule has 2 aromatic carbocycles. The quantitative estimate of drug-likeness (QED) is 0.351. The van der Waals surface area contributed by atoms with Crippen LogP contribution in [0.2, 0.25) is 5.02 Å². The minimum absolute atomic E-state index is 0.156. The predicted octanol–water partition coefficient (Wildman–Crippen LogP) is 4.30. The van der Waals surface area contributed by atoms with E-state index in [-0.39, 0.29) is 22.2 Å². The third kappa shape index (κ3) is 4.72. The Morgan fingerprint density at radius 3 is 2.62 bits per heavy atom. The van der Waals surface area contributed by atoms with Gasteiger partial charge in [-0.3, -0.25) is 14.9 Å². The van der Waals surface area contributed by atoms with Crippen LogP contribution in [-0.4, -0.2) is 30.8 Å². The number of hydrogen-bond acceptors (Lipinski definition) is 6. The Labute approximate surface area is 174 Å². The summed E-state index contributed by atoms with van der Waals surface area (Å²) >= 11 is 7.18. The number of nitro benzene ring substituents is 1. The van der Waals surface area contributed by atoms with Gasteiger partial charge in [-0.1, -0.05) is 23.4 Å². The van der Waals surface area contributed by atoms with Crippen molar-refractivity contribution in [2.24, 2.45) is 7.05 Å². The molecular formula is C18H15ClFN5O3S. The number of carbonyl (C=O) groups is 1. The lowest BCUT2D eigenvalue weighted by Gasteiger charge is -2.12. The molecule has 8 nitrogen and oxygen atoms in total. The Morgan fingerprint density at radius 2 is 1.97 bits per heavy atom. The van der Waals surface area contributed by atoms with Crippen LogP contribution in [-0.2, 0) is 11.8 Å². The molecule has 3 aromatic rings. The second-order valence-corrected chi connectivity index (χ2v) is 7.76. The molecule has 3 rings (SSSR count). The second kappa shape index (κ2) is 8.58. The molecule has 0 spiro atoms. The van der Waals surface area contributed by atoms with Gasteiger partial charge in [0.2, 0.25) is 5.91 Å². The number of carbonyl (C=O) groups excluding carboxylic acids is 1. The lowest BCUT2D eigenvalue weighted by atomic mass is 10.2. The molecule has 0 radical (unpaired) electrons. The smallest absolute Gasteiger partial charge is 0.271 e. The molecule has 0 saturated heterocycles. The summed E-state index contributed by atoms with van der Waals surface area (Å²) < 4.78 is 14.8. The molecule has 11 heteroatoms. The highest BCUT2D eigenvalue weighted by Crippen LogP contribution is 2.29. The molecule has 29 heavy (non-hydrogen) atoms. The summed E-state index contributed by atoms with van der Waals surface area (Å²) in [5, 5.41) is 21.8. The lowest BCUT2D eigenvalue weighted by Crippen LogP contribution is -2.23. The Hall–Kier alpha value is -2.98. The summed E-state index contributed by atoms with van der Waals surface area (Å²) in [6.07, 6.45) is 0. The Balaban J connectivity index is 1.73. The molecule has 0 aliphatic rings. The molecular weight excluding hydrogens is 421 g/mol. The number of amides is 1. The number of non-ortho nitro benzene ring substituents is 1. The molecule has 1 heterocycles. The number of nitrogens with zero attached hydrogens (tertiary/aromatic N) is 4. The van der Waals surface area contributed by atoms with Gasteiger partial charge in [0.1, 0.15) is 5.82 Å². The van der Waals surface area contributed by atoms with Crippen molar-refractivity contribution in [3.05, 3.63) is 63.4 Å². The summed E-state index contributed by atoms with van der Waals surface area (Å²) in [7, 11) is 1.74. The van der Waals surface area contributed by atoms with Gasteiger partial charge < -0.3 is 9.88 Å². The number of nitro groups is 1. The molecule has 1 aromatic heterocycles. The van der Waals surface area contributed by atoms with Crippen LogP contribution in [0.25, 0.3) is 11.4 Å². The lowest BCUT2D eigenvalue weighted by molar-refractivity contribution is -0.384. The third-order valence-electron chi connectivity index (χ3n) is 4.01. The average molecular weight is 436 g/mol. The van der Waals surface area contributed by atoms with E-state index >= 15 is 0 Å². The molecule has 0 unspecified atom stereocenters. The van der Waals surface area contributed by atoms with Gasteiger partial charge in [-0.2, -0.15) is 0 Å². The fourth-order valence-electron chi connectivity index (χ4n) is 2.44. The first-order chi connectivity index (χ1) is 13.8. The highest BCUT2D eigenvalue weighted by molar-refractivity contribution is 8.00. The van der Waals surface area contributed by atoms with E-state index in [4.69, 9.17) is 11.6 Å². The number of thioether (sulfide) groups is 1. The van der Waals surface area contributed by atoms with Crippen LogP contribution in [0, 0.1) is 15.9 Å². The minimum atomic E-state index is -0.589. The van der Waals surface area contributed by atoms with E-state index in [1.807, 2.05) is 0 Å². The molecule has 0 aliphatic carbocycles. The average Bonchev–Trinajstić information content (AvgIpc) is 3.04. The molecule has 1 amide bonds. The number of nitrogens with one attached hydrogen (secondary N) is 1. The van der Waals surface area contributed by atoms with E-state index < -0.39 is 16.1 Å². The molecule has 1 atom stereocenters. The second-order valence-electron chi connectivity index (χ2n) is 6.04. The van der Waals surface area contributed by atoms with Gasteiger partial charge in [0.15, 0.2) is 11.0 Å². The van der Waals surface area contributed by atoms with E-state index in [0.717, 1.165) is 11.8 Å². The Kier molecular flexibility index (Phi) is 6.14. The molecule has 150 valence electrons.